The number of carbonyl (C=O) groups excluding carboxylic acids is 1. The molecule has 0 atom stereocenters. The predicted molar refractivity (Wildman–Crippen MR) is 73.1 cm³/mol. The van der Waals surface area contributed by atoms with Gasteiger partial charge < -0.3 is 0 Å². The monoisotopic (exact) mass is 232 g/mol. The van der Waals surface area contributed by atoms with Gasteiger partial charge in [0.05, 0.1) is 0 Å². The highest BCUT2D eigenvalue weighted by Crippen LogP contribution is 2.08. The fourth-order valence-corrected chi connectivity index (χ4v) is 2.01. The molecule has 1 aromatic carbocycles. The highest BCUT2D eigenvalue weighted by atomic mass is 16.1. The van der Waals surface area contributed by atoms with Crippen molar-refractivity contribution in [1.82, 2.24) is 0 Å². The van der Waals surface area contributed by atoms with Crippen LogP contribution in [0.1, 0.15) is 57.4 Å². The molecule has 94 valence electrons. The van der Waals surface area contributed by atoms with Crippen LogP contribution in [0.5, 0.6) is 0 Å². The molecular formula is C16H24O. The Morgan fingerprint density at radius 3 is 2.35 bits per heavy atom. The van der Waals surface area contributed by atoms with E-state index < -0.39 is 0 Å². The van der Waals surface area contributed by atoms with Crippen LogP contribution in [0.2, 0.25) is 0 Å². The highest BCUT2D eigenvalue weighted by molar-refractivity contribution is 5.78. The fraction of sp³-hybridized carbons (Fsp3) is 0.562. The summed E-state index contributed by atoms with van der Waals surface area (Å²) in [4.78, 5) is 11.6. The first kappa shape index (κ1) is 14.0. The van der Waals surface area contributed by atoms with E-state index in [1.165, 1.54) is 24.8 Å². The van der Waals surface area contributed by atoms with E-state index >= 15 is 0 Å². The molecule has 1 aromatic rings. The molecule has 0 N–H and O–H groups in total. The Morgan fingerprint density at radius 2 is 1.65 bits per heavy atom. The molecule has 0 saturated carbocycles. The van der Waals surface area contributed by atoms with Gasteiger partial charge in [0, 0.05) is 12.8 Å². The van der Waals surface area contributed by atoms with E-state index in [1.807, 2.05) is 6.07 Å². The zero-order chi connectivity index (χ0) is 12.3. The van der Waals surface area contributed by atoms with Crippen LogP contribution in [-0.2, 0) is 11.2 Å². The standard InChI is InChI=1S/C16H24O/c1-2-3-4-8-13-16(17)14-9-12-15-10-6-5-7-11-15/h5-7,10-11H,2-4,8-9,12-14H2,1H3. The zero-order valence-corrected chi connectivity index (χ0v) is 11.0. The lowest BCUT2D eigenvalue weighted by Gasteiger charge is -2.02. The van der Waals surface area contributed by atoms with Gasteiger partial charge in [0.1, 0.15) is 5.78 Å². The number of unbranched alkanes of at least 4 members (excludes halogenated alkanes) is 3. The third-order valence-electron chi connectivity index (χ3n) is 3.07. The van der Waals surface area contributed by atoms with Gasteiger partial charge in [-0.3, -0.25) is 4.79 Å². The Balaban J connectivity index is 2.04. The summed E-state index contributed by atoms with van der Waals surface area (Å²) in [6.07, 6.45) is 8.35. The first-order chi connectivity index (χ1) is 8.33. The van der Waals surface area contributed by atoms with Crippen molar-refractivity contribution in [2.24, 2.45) is 0 Å². The van der Waals surface area contributed by atoms with E-state index in [2.05, 4.69) is 31.2 Å². The molecule has 0 aliphatic carbocycles. The number of aryl methyl sites for hydroxylation is 1. The molecule has 0 aromatic heterocycles. The predicted octanol–water partition coefficient (Wildman–Crippen LogP) is 4.55. The summed E-state index contributed by atoms with van der Waals surface area (Å²) in [7, 11) is 0. The van der Waals surface area contributed by atoms with E-state index in [1.54, 1.807) is 0 Å². The fourth-order valence-electron chi connectivity index (χ4n) is 2.01. The van der Waals surface area contributed by atoms with Gasteiger partial charge in [0.2, 0.25) is 0 Å². The molecule has 0 aliphatic heterocycles. The average Bonchev–Trinajstić information content (AvgIpc) is 2.36. The summed E-state index contributed by atoms with van der Waals surface area (Å²) >= 11 is 0. The van der Waals surface area contributed by atoms with Gasteiger partial charge in [0.15, 0.2) is 0 Å². The van der Waals surface area contributed by atoms with E-state index in [0.717, 1.165) is 32.1 Å². The summed E-state index contributed by atoms with van der Waals surface area (Å²) in [6.45, 7) is 2.20. The smallest absolute Gasteiger partial charge is 0.132 e. The highest BCUT2D eigenvalue weighted by Gasteiger charge is 2.01. The number of hydrogen-bond donors (Lipinski definition) is 0. The lowest BCUT2D eigenvalue weighted by atomic mass is 10.0. The molecule has 0 aliphatic rings. The number of carbonyl (C=O) groups is 1. The van der Waals surface area contributed by atoms with Crippen molar-refractivity contribution in [2.45, 2.75) is 58.3 Å². The SMILES string of the molecule is CCCCCCC(=O)CCCc1ccccc1. The molecule has 0 heterocycles. The van der Waals surface area contributed by atoms with E-state index in [-0.39, 0.29) is 0 Å². The zero-order valence-electron chi connectivity index (χ0n) is 11.0. The molecule has 0 radical (unpaired) electrons. The minimum atomic E-state index is 0.442. The normalized spacial score (nSPS) is 10.4. The summed E-state index contributed by atoms with van der Waals surface area (Å²) in [5.74, 6) is 0.442. The maximum Gasteiger partial charge on any atom is 0.132 e. The van der Waals surface area contributed by atoms with E-state index in [9.17, 15) is 4.79 Å². The molecule has 0 amide bonds. The third-order valence-corrected chi connectivity index (χ3v) is 3.07. The molecular weight excluding hydrogens is 208 g/mol. The lowest BCUT2D eigenvalue weighted by molar-refractivity contribution is -0.119. The van der Waals surface area contributed by atoms with Crippen LogP contribution in [0, 0.1) is 0 Å². The van der Waals surface area contributed by atoms with Crippen LogP contribution >= 0.6 is 0 Å². The minimum Gasteiger partial charge on any atom is -0.300 e. The summed E-state index contributed by atoms with van der Waals surface area (Å²) in [5, 5.41) is 0. The quantitative estimate of drug-likeness (QED) is 0.571. The van der Waals surface area contributed by atoms with Crippen molar-refractivity contribution < 1.29 is 4.79 Å². The van der Waals surface area contributed by atoms with Gasteiger partial charge in [-0.2, -0.15) is 0 Å². The molecule has 1 rings (SSSR count). The second kappa shape index (κ2) is 8.98. The molecule has 0 unspecified atom stereocenters. The number of rotatable bonds is 9. The van der Waals surface area contributed by atoms with Crippen LogP contribution < -0.4 is 0 Å². The van der Waals surface area contributed by atoms with Crippen molar-refractivity contribution in [3.05, 3.63) is 35.9 Å². The third kappa shape index (κ3) is 6.93. The number of Topliss-reactive ketones (excluding diaryl/α,β-unsaturated/α-hetero) is 1. The van der Waals surface area contributed by atoms with Crippen LogP contribution in [-0.4, -0.2) is 5.78 Å². The largest absolute Gasteiger partial charge is 0.300 e. The second-order valence-electron chi connectivity index (χ2n) is 4.69. The van der Waals surface area contributed by atoms with Gasteiger partial charge in [-0.1, -0.05) is 56.5 Å². The number of hydrogen-bond acceptors (Lipinski definition) is 1. The molecule has 1 nitrogen and oxygen atoms in total. The Labute approximate surface area is 105 Å². The van der Waals surface area contributed by atoms with Crippen LogP contribution in [0.4, 0.5) is 0 Å². The first-order valence-corrected chi connectivity index (χ1v) is 6.88. The molecule has 0 spiro atoms. The van der Waals surface area contributed by atoms with Gasteiger partial charge in [0.25, 0.3) is 0 Å². The van der Waals surface area contributed by atoms with Gasteiger partial charge >= 0.3 is 0 Å². The minimum absolute atomic E-state index is 0.442. The van der Waals surface area contributed by atoms with Gasteiger partial charge in [-0.05, 0) is 24.8 Å². The lowest BCUT2D eigenvalue weighted by Crippen LogP contribution is -1.98. The Bertz CT molecular complexity index is 303. The number of benzene rings is 1. The summed E-state index contributed by atoms with van der Waals surface area (Å²) in [5.41, 5.74) is 1.34. The van der Waals surface area contributed by atoms with Gasteiger partial charge in [-0.25, -0.2) is 0 Å². The molecule has 1 heteroatoms. The van der Waals surface area contributed by atoms with E-state index in [0.29, 0.717) is 5.78 Å². The number of ketones is 1. The summed E-state index contributed by atoms with van der Waals surface area (Å²) in [6, 6.07) is 10.4. The molecule has 0 bridgehead atoms. The van der Waals surface area contributed by atoms with Crippen LogP contribution in [0.3, 0.4) is 0 Å². The molecule has 0 fully saturated rings. The van der Waals surface area contributed by atoms with Crippen molar-refractivity contribution >= 4 is 5.78 Å². The Hall–Kier alpha value is -1.11. The van der Waals surface area contributed by atoms with E-state index in [4.69, 9.17) is 0 Å². The van der Waals surface area contributed by atoms with Crippen molar-refractivity contribution in [1.29, 1.82) is 0 Å². The maximum absolute atomic E-state index is 11.6. The Morgan fingerprint density at radius 1 is 0.941 bits per heavy atom. The average molecular weight is 232 g/mol. The Kier molecular flexibility index (Phi) is 7.37. The van der Waals surface area contributed by atoms with Crippen LogP contribution in [0.15, 0.2) is 30.3 Å². The van der Waals surface area contributed by atoms with Crippen LogP contribution in [0.25, 0.3) is 0 Å². The summed E-state index contributed by atoms with van der Waals surface area (Å²) < 4.78 is 0. The second-order valence-corrected chi connectivity index (χ2v) is 4.69. The first-order valence-electron chi connectivity index (χ1n) is 6.88. The maximum atomic E-state index is 11.6. The van der Waals surface area contributed by atoms with Crippen molar-refractivity contribution in [3.63, 3.8) is 0 Å². The van der Waals surface area contributed by atoms with Crippen molar-refractivity contribution in [3.8, 4) is 0 Å². The van der Waals surface area contributed by atoms with Crippen molar-refractivity contribution in [2.75, 3.05) is 0 Å². The topological polar surface area (TPSA) is 17.1 Å². The molecule has 17 heavy (non-hydrogen) atoms. The molecule has 0 saturated heterocycles. The van der Waals surface area contributed by atoms with Gasteiger partial charge in [-0.15, -0.1) is 0 Å².